The summed E-state index contributed by atoms with van der Waals surface area (Å²) in [6.07, 6.45) is 0. The Labute approximate surface area is 136 Å². The highest BCUT2D eigenvalue weighted by Crippen LogP contribution is 2.11. The van der Waals surface area contributed by atoms with E-state index >= 15 is 0 Å². The van der Waals surface area contributed by atoms with Crippen LogP contribution in [0.2, 0.25) is 0 Å². The second-order valence-corrected chi connectivity index (χ2v) is 5.25. The summed E-state index contributed by atoms with van der Waals surface area (Å²) in [5.74, 6) is 1.06. The molecule has 0 bridgehead atoms. The van der Waals surface area contributed by atoms with Crippen molar-refractivity contribution in [3.63, 3.8) is 0 Å². The molecule has 0 aliphatic rings. The molecule has 6 nitrogen and oxygen atoms in total. The van der Waals surface area contributed by atoms with Crippen molar-refractivity contribution in [1.82, 2.24) is 14.9 Å². The van der Waals surface area contributed by atoms with E-state index in [0.29, 0.717) is 37.0 Å². The maximum Gasteiger partial charge on any atom is 0.272 e. The van der Waals surface area contributed by atoms with Crippen molar-refractivity contribution in [2.24, 2.45) is 0 Å². The summed E-state index contributed by atoms with van der Waals surface area (Å²) < 4.78 is 5.00. The fourth-order valence-electron chi connectivity index (χ4n) is 2.17. The second kappa shape index (κ2) is 8.24. The molecular weight excluding hydrogens is 292 g/mol. The molecule has 0 saturated carbocycles. The van der Waals surface area contributed by atoms with Gasteiger partial charge in [0.1, 0.15) is 17.3 Å². The molecule has 0 aliphatic heterocycles. The average Bonchev–Trinajstić information content (AvgIpc) is 2.55. The van der Waals surface area contributed by atoms with Gasteiger partial charge in [-0.15, -0.1) is 0 Å². The topological polar surface area (TPSA) is 67.3 Å². The third-order valence-electron chi connectivity index (χ3n) is 3.28. The van der Waals surface area contributed by atoms with E-state index in [1.807, 2.05) is 30.3 Å². The highest BCUT2D eigenvalue weighted by atomic mass is 16.5. The highest BCUT2D eigenvalue weighted by Gasteiger charge is 2.15. The number of hydrogen-bond donors (Lipinski definition) is 1. The molecule has 0 spiro atoms. The number of ether oxygens (including phenoxy) is 1. The maximum atomic E-state index is 12.6. The van der Waals surface area contributed by atoms with Crippen LogP contribution in [-0.4, -0.2) is 48.1 Å². The van der Waals surface area contributed by atoms with Crippen molar-refractivity contribution >= 4 is 11.7 Å². The van der Waals surface area contributed by atoms with Crippen molar-refractivity contribution in [3.05, 3.63) is 53.5 Å². The summed E-state index contributed by atoms with van der Waals surface area (Å²) in [4.78, 5) is 22.7. The van der Waals surface area contributed by atoms with Crippen LogP contribution in [0.1, 0.15) is 21.9 Å². The molecule has 0 aliphatic carbocycles. The number of rotatable bonds is 7. The Morgan fingerprint density at radius 2 is 2.00 bits per heavy atom. The molecule has 0 saturated heterocycles. The number of methoxy groups -OCH3 is 1. The van der Waals surface area contributed by atoms with Crippen LogP contribution in [0.5, 0.6) is 0 Å². The lowest BCUT2D eigenvalue weighted by Gasteiger charge is -2.17. The fraction of sp³-hybridized carbons (Fsp3) is 0.353. The molecule has 23 heavy (non-hydrogen) atoms. The largest absolute Gasteiger partial charge is 0.383 e. The van der Waals surface area contributed by atoms with Gasteiger partial charge in [-0.25, -0.2) is 9.97 Å². The zero-order valence-electron chi connectivity index (χ0n) is 13.7. The van der Waals surface area contributed by atoms with Crippen LogP contribution in [0.3, 0.4) is 0 Å². The maximum absolute atomic E-state index is 12.6. The number of aryl methyl sites for hydroxylation is 1. The molecule has 2 aromatic rings. The first-order valence-corrected chi connectivity index (χ1v) is 7.48. The van der Waals surface area contributed by atoms with E-state index in [4.69, 9.17) is 4.74 Å². The number of benzene rings is 1. The number of nitrogens with one attached hydrogen (secondary N) is 1. The van der Waals surface area contributed by atoms with Crippen LogP contribution >= 0.6 is 0 Å². The number of anilines is 1. The minimum atomic E-state index is -0.130. The first-order valence-electron chi connectivity index (χ1n) is 7.48. The molecule has 1 aromatic heterocycles. The lowest BCUT2D eigenvalue weighted by molar-refractivity contribution is 0.0779. The van der Waals surface area contributed by atoms with E-state index in [9.17, 15) is 4.79 Å². The quantitative estimate of drug-likeness (QED) is 0.793. The van der Waals surface area contributed by atoms with Crippen molar-refractivity contribution in [1.29, 1.82) is 0 Å². The number of nitrogens with zero attached hydrogens (tertiary/aromatic N) is 3. The van der Waals surface area contributed by atoms with Gasteiger partial charge >= 0.3 is 0 Å². The van der Waals surface area contributed by atoms with E-state index in [1.165, 1.54) is 0 Å². The Kier molecular flexibility index (Phi) is 6.05. The molecule has 2 rings (SSSR count). The Hall–Kier alpha value is -2.47. The molecule has 0 unspecified atom stereocenters. The fourth-order valence-corrected chi connectivity index (χ4v) is 2.17. The Morgan fingerprint density at radius 1 is 1.26 bits per heavy atom. The summed E-state index contributed by atoms with van der Waals surface area (Å²) in [6, 6.07) is 11.5. The van der Waals surface area contributed by atoms with Crippen LogP contribution in [0, 0.1) is 6.92 Å². The number of amides is 1. The predicted octanol–water partition coefficient (Wildman–Crippen LogP) is 2.12. The van der Waals surface area contributed by atoms with E-state index in [0.717, 1.165) is 5.56 Å². The van der Waals surface area contributed by atoms with Gasteiger partial charge in [0, 0.05) is 33.3 Å². The molecule has 6 heteroatoms. The van der Waals surface area contributed by atoms with Gasteiger partial charge in [-0.2, -0.15) is 0 Å². The van der Waals surface area contributed by atoms with E-state index in [1.54, 1.807) is 32.0 Å². The SMILES string of the molecule is COCCNc1cc(C(=O)N(C)Cc2ccccc2)nc(C)n1. The van der Waals surface area contributed by atoms with Gasteiger partial charge in [-0.05, 0) is 12.5 Å². The Balaban J connectivity index is 2.08. The van der Waals surface area contributed by atoms with Gasteiger partial charge in [0.25, 0.3) is 5.91 Å². The normalized spacial score (nSPS) is 10.4. The van der Waals surface area contributed by atoms with E-state index in [-0.39, 0.29) is 5.91 Å². The summed E-state index contributed by atoms with van der Waals surface area (Å²) in [6.45, 7) is 3.51. The monoisotopic (exact) mass is 314 g/mol. The Morgan fingerprint density at radius 3 is 2.70 bits per heavy atom. The van der Waals surface area contributed by atoms with Gasteiger partial charge in [0.05, 0.1) is 6.61 Å². The minimum absolute atomic E-state index is 0.130. The molecular formula is C17H22N4O2. The van der Waals surface area contributed by atoms with Crippen LogP contribution in [0.25, 0.3) is 0 Å². The zero-order chi connectivity index (χ0) is 16.7. The minimum Gasteiger partial charge on any atom is -0.383 e. The molecule has 0 fully saturated rings. The van der Waals surface area contributed by atoms with Crippen LogP contribution < -0.4 is 5.32 Å². The van der Waals surface area contributed by atoms with Gasteiger partial charge in [-0.1, -0.05) is 30.3 Å². The molecule has 1 amide bonds. The first-order chi connectivity index (χ1) is 11.1. The van der Waals surface area contributed by atoms with E-state index < -0.39 is 0 Å². The van der Waals surface area contributed by atoms with Gasteiger partial charge in [0.15, 0.2) is 0 Å². The number of aromatic nitrogens is 2. The summed E-state index contributed by atoms with van der Waals surface area (Å²) in [5, 5.41) is 3.12. The third kappa shape index (κ3) is 5.03. The lowest BCUT2D eigenvalue weighted by atomic mass is 10.2. The molecule has 122 valence electrons. The molecule has 1 heterocycles. The van der Waals surface area contributed by atoms with Gasteiger partial charge in [0.2, 0.25) is 0 Å². The number of carbonyl (C=O) groups excluding carboxylic acids is 1. The molecule has 1 aromatic carbocycles. The standard InChI is InChI=1S/C17H22N4O2/c1-13-19-15(11-16(20-13)18-9-10-23-3)17(22)21(2)12-14-7-5-4-6-8-14/h4-8,11H,9-10,12H2,1-3H3,(H,18,19,20). The summed E-state index contributed by atoms with van der Waals surface area (Å²) >= 11 is 0. The summed E-state index contributed by atoms with van der Waals surface area (Å²) in [5.41, 5.74) is 1.46. The first kappa shape index (κ1) is 16.9. The van der Waals surface area contributed by atoms with Crippen LogP contribution in [0.4, 0.5) is 5.82 Å². The Bertz CT molecular complexity index is 646. The highest BCUT2D eigenvalue weighted by molar-refractivity contribution is 5.92. The van der Waals surface area contributed by atoms with Crippen molar-refractivity contribution in [2.45, 2.75) is 13.5 Å². The van der Waals surface area contributed by atoms with Crippen LogP contribution in [0.15, 0.2) is 36.4 Å². The zero-order valence-corrected chi connectivity index (χ0v) is 13.7. The molecule has 0 atom stereocenters. The third-order valence-corrected chi connectivity index (χ3v) is 3.28. The average molecular weight is 314 g/mol. The van der Waals surface area contributed by atoms with Crippen molar-refractivity contribution < 1.29 is 9.53 Å². The van der Waals surface area contributed by atoms with E-state index in [2.05, 4.69) is 15.3 Å². The molecule has 0 radical (unpaired) electrons. The molecule has 1 N–H and O–H groups in total. The second-order valence-electron chi connectivity index (χ2n) is 5.25. The van der Waals surface area contributed by atoms with Crippen molar-refractivity contribution in [2.75, 3.05) is 32.6 Å². The smallest absolute Gasteiger partial charge is 0.272 e. The number of carbonyl (C=O) groups is 1. The van der Waals surface area contributed by atoms with Gasteiger partial charge < -0.3 is 15.0 Å². The predicted molar refractivity (Wildman–Crippen MR) is 89.4 cm³/mol. The van der Waals surface area contributed by atoms with Crippen molar-refractivity contribution in [3.8, 4) is 0 Å². The van der Waals surface area contributed by atoms with Gasteiger partial charge in [-0.3, -0.25) is 4.79 Å². The van der Waals surface area contributed by atoms with Crippen LogP contribution in [-0.2, 0) is 11.3 Å². The number of hydrogen-bond acceptors (Lipinski definition) is 5. The lowest BCUT2D eigenvalue weighted by Crippen LogP contribution is -2.27. The summed E-state index contributed by atoms with van der Waals surface area (Å²) in [7, 11) is 3.41.